The molecule has 0 saturated carbocycles. The first-order valence-corrected chi connectivity index (χ1v) is 8.62. The number of phenolic OH excluding ortho intramolecular Hbond substituents is 1. The molecule has 0 amide bonds. The van der Waals surface area contributed by atoms with E-state index >= 15 is 0 Å². The molecule has 4 heteroatoms. The summed E-state index contributed by atoms with van der Waals surface area (Å²) in [6.45, 7) is 9.15. The van der Waals surface area contributed by atoms with E-state index in [0.29, 0.717) is 5.75 Å². The highest BCUT2D eigenvalue weighted by Crippen LogP contribution is 2.21. The van der Waals surface area contributed by atoms with Crippen LogP contribution < -0.4 is 9.64 Å². The molecule has 0 unspecified atom stereocenters. The first kappa shape index (κ1) is 16.7. The van der Waals surface area contributed by atoms with Crippen LogP contribution in [0, 0.1) is 0 Å². The van der Waals surface area contributed by atoms with Crippen molar-refractivity contribution in [3.8, 4) is 11.5 Å². The smallest absolute Gasteiger partial charge is 0.120 e. The Kier molecular flexibility index (Phi) is 5.26. The van der Waals surface area contributed by atoms with Gasteiger partial charge in [0.25, 0.3) is 0 Å². The van der Waals surface area contributed by atoms with Crippen LogP contribution in [0.2, 0.25) is 0 Å². The van der Waals surface area contributed by atoms with Gasteiger partial charge in [-0.25, -0.2) is 0 Å². The van der Waals surface area contributed by atoms with Gasteiger partial charge in [-0.2, -0.15) is 0 Å². The summed E-state index contributed by atoms with van der Waals surface area (Å²) in [5.41, 5.74) is 2.48. The fourth-order valence-corrected chi connectivity index (χ4v) is 3.08. The minimum Gasteiger partial charge on any atom is -0.508 e. The number of nitrogens with zero attached hydrogens (tertiary/aromatic N) is 2. The monoisotopic (exact) mass is 326 g/mol. The zero-order chi connectivity index (χ0) is 16.9. The molecule has 128 valence electrons. The van der Waals surface area contributed by atoms with Crippen LogP contribution in [0.5, 0.6) is 11.5 Å². The summed E-state index contributed by atoms with van der Waals surface area (Å²) in [7, 11) is 0. The quantitative estimate of drug-likeness (QED) is 0.912. The van der Waals surface area contributed by atoms with Gasteiger partial charge in [0.15, 0.2) is 0 Å². The van der Waals surface area contributed by atoms with Crippen molar-refractivity contribution in [1.82, 2.24) is 4.90 Å². The molecule has 0 atom stereocenters. The molecule has 0 aliphatic carbocycles. The van der Waals surface area contributed by atoms with Gasteiger partial charge >= 0.3 is 0 Å². The Bertz CT molecular complexity index is 647. The van der Waals surface area contributed by atoms with Crippen LogP contribution in [-0.2, 0) is 6.54 Å². The molecule has 1 fully saturated rings. The second-order valence-electron chi connectivity index (χ2n) is 6.59. The maximum absolute atomic E-state index is 9.40. The molecule has 1 heterocycles. The summed E-state index contributed by atoms with van der Waals surface area (Å²) in [4.78, 5) is 4.85. The lowest BCUT2D eigenvalue weighted by Gasteiger charge is -2.36. The standard InChI is InChI=1S/C20H26N2O2/c1-16(2)24-20-5-3-4-17(14-20)15-21-10-12-22(13-11-21)18-6-8-19(23)9-7-18/h3-9,14,16,23H,10-13,15H2,1-2H3. The van der Waals surface area contributed by atoms with E-state index in [0.717, 1.165) is 38.5 Å². The number of benzene rings is 2. The van der Waals surface area contributed by atoms with E-state index in [1.54, 1.807) is 12.1 Å². The van der Waals surface area contributed by atoms with Crippen LogP contribution in [0.3, 0.4) is 0 Å². The number of hydrogen-bond donors (Lipinski definition) is 1. The molecule has 0 bridgehead atoms. The zero-order valence-corrected chi connectivity index (χ0v) is 14.5. The third kappa shape index (κ3) is 4.42. The van der Waals surface area contributed by atoms with E-state index in [1.165, 1.54) is 11.3 Å². The van der Waals surface area contributed by atoms with E-state index in [1.807, 2.05) is 18.2 Å². The second-order valence-corrected chi connectivity index (χ2v) is 6.59. The Morgan fingerprint density at radius 2 is 1.71 bits per heavy atom. The number of anilines is 1. The molecule has 1 N–H and O–H groups in total. The summed E-state index contributed by atoms with van der Waals surface area (Å²) in [6.07, 6.45) is 0.203. The first-order chi connectivity index (χ1) is 11.6. The Labute approximate surface area is 144 Å². The molecule has 3 rings (SSSR count). The van der Waals surface area contributed by atoms with E-state index in [2.05, 4.69) is 41.8 Å². The molecular weight excluding hydrogens is 300 g/mol. The SMILES string of the molecule is CC(C)Oc1cccc(CN2CCN(c3ccc(O)cc3)CC2)c1. The second kappa shape index (κ2) is 7.58. The van der Waals surface area contributed by atoms with Gasteiger partial charge in [-0.15, -0.1) is 0 Å². The average molecular weight is 326 g/mol. The molecule has 0 radical (unpaired) electrons. The summed E-state index contributed by atoms with van der Waals surface area (Å²) < 4.78 is 5.78. The van der Waals surface area contributed by atoms with Crippen LogP contribution in [0.15, 0.2) is 48.5 Å². The molecule has 2 aromatic carbocycles. The van der Waals surface area contributed by atoms with Gasteiger partial charge in [0, 0.05) is 38.4 Å². The van der Waals surface area contributed by atoms with Crippen molar-refractivity contribution in [3.05, 3.63) is 54.1 Å². The lowest BCUT2D eigenvalue weighted by atomic mass is 10.1. The average Bonchev–Trinajstić information content (AvgIpc) is 2.56. The fraction of sp³-hybridized carbons (Fsp3) is 0.400. The van der Waals surface area contributed by atoms with Crippen LogP contribution in [-0.4, -0.2) is 42.3 Å². The number of rotatable bonds is 5. The van der Waals surface area contributed by atoms with Crippen molar-refractivity contribution in [2.75, 3.05) is 31.1 Å². The fourth-order valence-electron chi connectivity index (χ4n) is 3.08. The summed E-state index contributed by atoms with van der Waals surface area (Å²) in [5.74, 6) is 1.27. The van der Waals surface area contributed by atoms with Crippen LogP contribution >= 0.6 is 0 Å². The topological polar surface area (TPSA) is 35.9 Å². The predicted octanol–water partition coefficient (Wildman–Crippen LogP) is 3.50. The molecule has 1 saturated heterocycles. The van der Waals surface area contributed by atoms with Gasteiger partial charge in [-0.05, 0) is 55.8 Å². The van der Waals surface area contributed by atoms with Crippen molar-refractivity contribution >= 4 is 5.69 Å². The van der Waals surface area contributed by atoms with Gasteiger partial charge in [-0.1, -0.05) is 12.1 Å². The summed E-state index contributed by atoms with van der Waals surface area (Å²) in [6, 6.07) is 15.9. The molecule has 0 aromatic heterocycles. The molecule has 1 aliphatic heterocycles. The summed E-state index contributed by atoms with van der Waals surface area (Å²) >= 11 is 0. The third-order valence-electron chi connectivity index (χ3n) is 4.26. The maximum Gasteiger partial charge on any atom is 0.120 e. The number of piperazine rings is 1. The number of ether oxygens (including phenoxy) is 1. The normalized spacial score (nSPS) is 15.7. The molecule has 1 aliphatic rings. The van der Waals surface area contributed by atoms with E-state index in [4.69, 9.17) is 4.74 Å². The zero-order valence-electron chi connectivity index (χ0n) is 14.5. The lowest BCUT2D eigenvalue weighted by molar-refractivity contribution is 0.238. The highest BCUT2D eigenvalue weighted by molar-refractivity contribution is 5.49. The van der Waals surface area contributed by atoms with Crippen molar-refractivity contribution < 1.29 is 9.84 Å². The number of phenols is 1. The van der Waals surface area contributed by atoms with Gasteiger partial charge in [-0.3, -0.25) is 4.90 Å². The molecule has 2 aromatic rings. The van der Waals surface area contributed by atoms with E-state index < -0.39 is 0 Å². The van der Waals surface area contributed by atoms with Crippen molar-refractivity contribution in [2.24, 2.45) is 0 Å². The first-order valence-electron chi connectivity index (χ1n) is 8.62. The third-order valence-corrected chi connectivity index (χ3v) is 4.26. The minimum atomic E-state index is 0.203. The van der Waals surface area contributed by atoms with Crippen LogP contribution in [0.25, 0.3) is 0 Å². The van der Waals surface area contributed by atoms with E-state index in [9.17, 15) is 5.11 Å². The van der Waals surface area contributed by atoms with Crippen molar-refractivity contribution in [1.29, 1.82) is 0 Å². The lowest BCUT2D eigenvalue weighted by Crippen LogP contribution is -2.45. The Balaban J connectivity index is 1.54. The van der Waals surface area contributed by atoms with E-state index in [-0.39, 0.29) is 6.10 Å². The molecule has 4 nitrogen and oxygen atoms in total. The molecular formula is C20H26N2O2. The van der Waals surface area contributed by atoms with Crippen LogP contribution in [0.4, 0.5) is 5.69 Å². The van der Waals surface area contributed by atoms with Gasteiger partial charge in [0.05, 0.1) is 6.10 Å². The highest BCUT2D eigenvalue weighted by atomic mass is 16.5. The van der Waals surface area contributed by atoms with Gasteiger partial charge < -0.3 is 14.7 Å². The number of hydrogen-bond acceptors (Lipinski definition) is 4. The Morgan fingerprint density at radius 3 is 2.38 bits per heavy atom. The highest BCUT2D eigenvalue weighted by Gasteiger charge is 2.17. The maximum atomic E-state index is 9.40. The molecule has 24 heavy (non-hydrogen) atoms. The minimum absolute atomic E-state index is 0.203. The Morgan fingerprint density at radius 1 is 1.00 bits per heavy atom. The summed E-state index contributed by atoms with van der Waals surface area (Å²) in [5, 5.41) is 9.40. The molecule has 0 spiro atoms. The van der Waals surface area contributed by atoms with Gasteiger partial charge in [0.1, 0.15) is 11.5 Å². The van der Waals surface area contributed by atoms with Crippen LogP contribution in [0.1, 0.15) is 19.4 Å². The van der Waals surface area contributed by atoms with Crippen molar-refractivity contribution in [3.63, 3.8) is 0 Å². The Hall–Kier alpha value is -2.20. The number of aromatic hydroxyl groups is 1. The largest absolute Gasteiger partial charge is 0.508 e. The van der Waals surface area contributed by atoms with Gasteiger partial charge in [0.2, 0.25) is 0 Å². The van der Waals surface area contributed by atoms with Crippen molar-refractivity contribution in [2.45, 2.75) is 26.5 Å². The predicted molar refractivity (Wildman–Crippen MR) is 97.8 cm³/mol.